The number of ether oxygens (including phenoxy) is 2. The van der Waals surface area contributed by atoms with Gasteiger partial charge in [-0.1, -0.05) is 12.1 Å². The molecule has 148 valence electrons. The highest BCUT2D eigenvalue weighted by atomic mass is 32.2. The van der Waals surface area contributed by atoms with E-state index in [-0.39, 0.29) is 30.1 Å². The number of benzene rings is 2. The van der Waals surface area contributed by atoms with Crippen LogP contribution in [0.25, 0.3) is 0 Å². The van der Waals surface area contributed by atoms with Gasteiger partial charge in [0.05, 0.1) is 4.90 Å². The Kier molecular flexibility index (Phi) is 4.76. The molecule has 2 heterocycles. The highest BCUT2D eigenvalue weighted by Gasteiger charge is 2.32. The fraction of sp³-hybridized carbons (Fsp3) is 0.350. The van der Waals surface area contributed by atoms with E-state index >= 15 is 0 Å². The zero-order valence-corrected chi connectivity index (χ0v) is 16.6. The van der Waals surface area contributed by atoms with Crippen LogP contribution in [0.3, 0.4) is 0 Å². The lowest BCUT2D eigenvalue weighted by Gasteiger charge is -2.17. The van der Waals surface area contributed by atoms with Gasteiger partial charge in [0.1, 0.15) is 0 Å². The summed E-state index contributed by atoms with van der Waals surface area (Å²) in [6.45, 7) is 4.47. The summed E-state index contributed by atoms with van der Waals surface area (Å²) in [4.78, 5) is 14.4. The molecule has 1 atom stereocenters. The average molecular weight is 402 g/mol. The second-order valence-electron chi connectivity index (χ2n) is 7.23. The number of nitrogens with zero attached hydrogens (tertiary/aromatic N) is 1. The minimum Gasteiger partial charge on any atom is -0.454 e. The lowest BCUT2D eigenvalue weighted by Crippen LogP contribution is -2.31. The summed E-state index contributed by atoms with van der Waals surface area (Å²) in [6, 6.07) is 10.7. The van der Waals surface area contributed by atoms with E-state index in [2.05, 4.69) is 4.72 Å². The van der Waals surface area contributed by atoms with Crippen molar-refractivity contribution in [2.75, 3.05) is 24.8 Å². The van der Waals surface area contributed by atoms with Crippen LogP contribution in [0, 0.1) is 19.8 Å². The first-order valence-electron chi connectivity index (χ1n) is 9.10. The molecular weight excluding hydrogens is 380 g/mol. The molecule has 2 aromatic rings. The maximum absolute atomic E-state index is 12.7. The molecule has 0 saturated carbocycles. The molecular formula is C20H22N2O5S. The number of rotatable bonds is 5. The zero-order valence-electron chi connectivity index (χ0n) is 15.8. The van der Waals surface area contributed by atoms with Gasteiger partial charge >= 0.3 is 0 Å². The van der Waals surface area contributed by atoms with E-state index in [1.165, 1.54) is 0 Å². The third-order valence-corrected chi connectivity index (χ3v) is 6.63. The van der Waals surface area contributed by atoms with E-state index in [1.807, 2.05) is 19.1 Å². The molecule has 0 aliphatic carbocycles. The van der Waals surface area contributed by atoms with Gasteiger partial charge in [0.25, 0.3) is 0 Å². The Morgan fingerprint density at radius 3 is 2.71 bits per heavy atom. The number of nitrogens with one attached hydrogen (secondary N) is 1. The van der Waals surface area contributed by atoms with Crippen molar-refractivity contribution in [1.29, 1.82) is 0 Å². The molecule has 1 amide bonds. The molecule has 4 rings (SSSR count). The van der Waals surface area contributed by atoms with Crippen LogP contribution in [-0.2, 0) is 14.8 Å². The van der Waals surface area contributed by atoms with Crippen LogP contribution in [-0.4, -0.2) is 34.2 Å². The summed E-state index contributed by atoms with van der Waals surface area (Å²) >= 11 is 0. The Morgan fingerprint density at radius 2 is 1.89 bits per heavy atom. The molecule has 7 nitrogen and oxygen atoms in total. The minimum atomic E-state index is -3.62. The van der Waals surface area contributed by atoms with Crippen molar-refractivity contribution in [1.82, 2.24) is 4.72 Å². The van der Waals surface area contributed by atoms with Gasteiger partial charge in [-0.25, -0.2) is 13.1 Å². The third-order valence-electron chi connectivity index (χ3n) is 5.07. The van der Waals surface area contributed by atoms with Crippen LogP contribution >= 0.6 is 0 Å². The molecule has 8 heteroatoms. The van der Waals surface area contributed by atoms with Crippen molar-refractivity contribution in [3.8, 4) is 11.5 Å². The second kappa shape index (κ2) is 7.10. The third kappa shape index (κ3) is 3.57. The number of anilines is 1. The van der Waals surface area contributed by atoms with Crippen molar-refractivity contribution >= 4 is 21.6 Å². The second-order valence-corrected chi connectivity index (χ2v) is 8.97. The molecule has 1 unspecified atom stereocenters. The Labute approximate surface area is 164 Å². The molecule has 2 aromatic carbocycles. The Balaban J connectivity index is 1.44. The molecule has 0 radical (unpaired) electrons. The zero-order chi connectivity index (χ0) is 19.9. The van der Waals surface area contributed by atoms with Crippen molar-refractivity contribution in [3.63, 3.8) is 0 Å². The number of aryl methyl sites for hydroxylation is 2. The molecule has 28 heavy (non-hydrogen) atoms. The average Bonchev–Trinajstić information content (AvgIpc) is 3.27. The van der Waals surface area contributed by atoms with Gasteiger partial charge in [-0.2, -0.15) is 0 Å². The van der Waals surface area contributed by atoms with Crippen LogP contribution in [0.15, 0.2) is 41.3 Å². The van der Waals surface area contributed by atoms with E-state index in [0.29, 0.717) is 30.0 Å². The molecule has 2 aliphatic rings. The smallest absolute Gasteiger partial charge is 0.240 e. The van der Waals surface area contributed by atoms with Crippen LogP contribution < -0.4 is 19.1 Å². The van der Waals surface area contributed by atoms with E-state index in [9.17, 15) is 13.2 Å². The maximum Gasteiger partial charge on any atom is 0.240 e. The topological polar surface area (TPSA) is 84.9 Å². The van der Waals surface area contributed by atoms with E-state index in [0.717, 1.165) is 11.3 Å². The molecule has 1 N–H and O–H groups in total. The van der Waals surface area contributed by atoms with Gasteiger partial charge < -0.3 is 14.4 Å². The fourth-order valence-electron chi connectivity index (χ4n) is 3.52. The number of carbonyl (C=O) groups is 1. The quantitative estimate of drug-likeness (QED) is 0.830. The lowest BCUT2D eigenvalue weighted by atomic mass is 10.1. The Morgan fingerprint density at radius 1 is 1.11 bits per heavy atom. The molecule has 0 spiro atoms. The Hall–Kier alpha value is -2.58. The summed E-state index contributed by atoms with van der Waals surface area (Å²) in [6.07, 6.45) is 0.295. The minimum absolute atomic E-state index is 0.0326. The summed E-state index contributed by atoms with van der Waals surface area (Å²) in [5.41, 5.74) is 2.31. The summed E-state index contributed by atoms with van der Waals surface area (Å²) in [5, 5.41) is 0. The highest BCUT2D eigenvalue weighted by molar-refractivity contribution is 7.89. The predicted molar refractivity (Wildman–Crippen MR) is 104 cm³/mol. The Bertz CT molecular complexity index is 1030. The van der Waals surface area contributed by atoms with Gasteiger partial charge in [-0.15, -0.1) is 0 Å². The van der Waals surface area contributed by atoms with Crippen molar-refractivity contribution < 1.29 is 22.7 Å². The largest absolute Gasteiger partial charge is 0.454 e. The van der Waals surface area contributed by atoms with Crippen LogP contribution in [0.4, 0.5) is 5.69 Å². The van der Waals surface area contributed by atoms with Crippen LogP contribution in [0.5, 0.6) is 11.5 Å². The molecule has 2 aliphatic heterocycles. The van der Waals surface area contributed by atoms with Gasteiger partial charge in [-0.3, -0.25) is 4.79 Å². The van der Waals surface area contributed by atoms with Gasteiger partial charge in [-0.05, 0) is 49.1 Å². The summed E-state index contributed by atoms with van der Waals surface area (Å²) in [5.74, 6) is 1.14. The predicted octanol–water partition coefficient (Wildman–Crippen LogP) is 2.36. The van der Waals surface area contributed by atoms with Gasteiger partial charge in [0, 0.05) is 31.3 Å². The van der Waals surface area contributed by atoms with Crippen LogP contribution in [0.1, 0.15) is 17.5 Å². The normalized spacial score (nSPS) is 18.7. The fourth-order valence-corrected chi connectivity index (χ4v) is 4.97. The standard InChI is InChI=1S/C20H22N2O5S/c1-13-3-4-14(2)19(7-13)28(24,25)21-10-15-8-20(23)22(11-15)16-5-6-17-18(9-16)27-12-26-17/h3-7,9,15,21H,8,10-12H2,1-2H3. The van der Waals surface area contributed by atoms with E-state index < -0.39 is 10.0 Å². The first kappa shape index (κ1) is 18.8. The summed E-state index contributed by atoms with van der Waals surface area (Å²) < 4.78 is 38.7. The number of amides is 1. The van der Waals surface area contributed by atoms with Crippen molar-refractivity contribution in [2.24, 2.45) is 5.92 Å². The number of hydrogen-bond donors (Lipinski definition) is 1. The first-order valence-corrected chi connectivity index (χ1v) is 10.6. The molecule has 0 bridgehead atoms. The van der Waals surface area contributed by atoms with E-state index in [4.69, 9.17) is 9.47 Å². The number of sulfonamides is 1. The van der Waals surface area contributed by atoms with E-state index in [1.54, 1.807) is 36.1 Å². The van der Waals surface area contributed by atoms with Gasteiger partial charge in [0.15, 0.2) is 11.5 Å². The first-order chi connectivity index (χ1) is 13.3. The summed E-state index contributed by atoms with van der Waals surface area (Å²) in [7, 11) is -3.62. The maximum atomic E-state index is 12.7. The van der Waals surface area contributed by atoms with Crippen LogP contribution in [0.2, 0.25) is 0 Å². The van der Waals surface area contributed by atoms with Crippen molar-refractivity contribution in [2.45, 2.75) is 25.2 Å². The van der Waals surface area contributed by atoms with Crippen molar-refractivity contribution in [3.05, 3.63) is 47.5 Å². The van der Waals surface area contributed by atoms with Gasteiger partial charge in [0.2, 0.25) is 22.7 Å². The molecule has 1 saturated heterocycles. The molecule has 0 aromatic heterocycles. The number of carbonyl (C=O) groups excluding carboxylic acids is 1. The highest BCUT2D eigenvalue weighted by Crippen LogP contribution is 2.37. The number of fused-ring (bicyclic) bond motifs is 1. The molecule has 1 fully saturated rings. The monoisotopic (exact) mass is 402 g/mol. The number of hydrogen-bond acceptors (Lipinski definition) is 5. The SMILES string of the molecule is Cc1ccc(C)c(S(=O)(=O)NCC2CC(=O)N(c3ccc4c(c3)OCO4)C2)c1. The lowest BCUT2D eigenvalue weighted by molar-refractivity contribution is -0.117.